The van der Waals surface area contributed by atoms with E-state index in [1.807, 2.05) is 0 Å². The van der Waals surface area contributed by atoms with Crippen molar-refractivity contribution in [1.82, 2.24) is 5.32 Å². The highest BCUT2D eigenvalue weighted by Gasteiger charge is 2.31. The van der Waals surface area contributed by atoms with E-state index in [0.717, 1.165) is 19.3 Å². The zero-order chi connectivity index (χ0) is 14.6. The number of nitrogens with one attached hydrogen (secondary N) is 1. The number of nitrogens with two attached hydrogens (primary N) is 1. The van der Waals surface area contributed by atoms with Gasteiger partial charge in [0.25, 0.3) is 0 Å². The molecular formula is C15H26N2O3. The summed E-state index contributed by atoms with van der Waals surface area (Å²) in [6.07, 6.45) is 7.53. The Bertz CT molecular complexity index is 364. The van der Waals surface area contributed by atoms with Crippen LogP contribution in [-0.2, 0) is 14.3 Å². The van der Waals surface area contributed by atoms with Crippen LogP contribution in [0.3, 0.4) is 0 Å². The van der Waals surface area contributed by atoms with Crippen molar-refractivity contribution in [3.05, 3.63) is 0 Å². The van der Waals surface area contributed by atoms with Gasteiger partial charge in [0, 0.05) is 13.0 Å². The molecule has 2 amide bonds. The van der Waals surface area contributed by atoms with Gasteiger partial charge in [-0.2, -0.15) is 0 Å². The molecule has 5 heteroatoms. The van der Waals surface area contributed by atoms with Crippen LogP contribution < -0.4 is 11.1 Å². The number of rotatable bonds is 5. The second-order valence-electron chi connectivity index (χ2n) is 6.58. The van der Waals surface area contributed by atoms with Gasteiger partial charge in [0.15, 0.2) is 0 Å². The lowest BCUT2D eigenvalue weighted by atomic mass is 9.73. The van der Waals surface area contributed by atoms with E-state index in [0.29, 0.717) is 19.4 Å². The average Bonchev–Trinajstić information content (AvgIpc) is 2.85. The fourth-order valence-electron chi connectivity index (χ4n) is 3.33. The molecule has 2 rings (SSSR count). The van der Waals surface area contributed by atoms with E-state index in [9.17, 15) is 9.59 Å². The molecule has 114 valence electrons. The molecule has 0 aromatic carbocycles. The van der Waals surface area contributed by atoms with Gasteiger partial charge in [-0.15, -0.1) is 0 Å². The summed E-state index contributed by atoms with van der Waals surface area (Å²) in [5.74, 6) is -0.311. The molecule has 1 aliphatic carbocycles. The first-order chi connectivity index (χ1) is 9.48. The minimum atomic E-state index is -0.479. The molecule has 0 unspecified atom stereocenters. The maximum atomic E-state index is 12.0. The Labute approximate surface area is 120 Å². The summed E-state index contributed by atoms with van der Waals surface area (Å²) in [7, 11) is 0. The predicted molar refractivity (Wildman–Crippen MR) is 75.9 cm³/mol. The SMILES string of the molecule is CC1(CC(=O)NC[C@@H]2CC[C@@H](C(N)=O)O2)CCCCC1. The van der Waals surface area contributed by atoms with E-state index < -0.39 is 12.0 Å². The van der Waals surface area contributed by atoms with E-state index in [1.54, 1.807) is 0 Å². The Hall–Kier alpha value is -1.10. The van der Waals surface area contributed by atoms with Crippen molar-refractivity contribution in [2.45, 2.75) is 70.5 Å². The molecule has 0 spiro atoms. The van der Waals surface area contributed by atoms with Crippen molar-refractivity contribution < 1.29 is 14.3 Å². The normalized spacial score (nSPS) is 29.1. The van der Waals surface area contributed by atoms with Crippen LogP contribution in [-0.4, -0.2) is 30.6 Å². The van der Waals surface area contributed by atoms with Gasteiger partial charge in [-0.25, -0.2) is 0 Å². The van der Waals surface area contributed by atoms with Crippen LogP contribution in [0.4, 0.5) is 0 Å². The molecule has 0 radical (unpaired) electrons. The van der Waals surface area contributed by atoms with Gasteiger partial charge in [0.1, 0.15) is 6.10 Å². The molecule has 3 N–H and O–H groups in total. The lowest BCUT2D eigenvalue weighted by Gasteiger charge is -2.33. The topological polar surface area (TPSA) is 81.4 Å². The van der Waals surface area contributed by atoms with Gasteiger partial charge in [0.2, 0.25) is 11.8 Å². The van der Waals surface area contributed by atoms with E-state index in [1.165, 1.54) is 19.3 Å². The molecule has 1 saturated heterocycles. The smallest absolute Gasteiger partial charge is 0.246 e. The number of amides is 2. The van der Waals surface area contributed by atoms with Crippen LogP contribution in [0.2, 0.25) is 0 Å². The highest BCUT2D eigenvalue weighted by molar-refractivity contribution is 5.79. The van der Waals surface area contributed by atoms with Crippen molar-refractivity contribution in [3.63, 3.8) is 0 Å². The zero-order valence-corrected chi connectivity index (χ0v) is 12.3. The summed E-state index contributed by atoms with van der Waals surface area (Å²) in [4.78, 5) is 23.0. The van der Waals surface area contributed by atoms with E-state index in [-0.39, 0.29) is 17.4 Å². The van der Waals surface area contributed by atoms with Crippen molar-refractivity contribution in [1.29, 1.82) is 0 Å². The van der Waals surface area contributed by atoms with Crippen molar-refractivity contribution >= 4 is 11.8 Å². The molecule has 2 aliphatic rings. The Morgan fingerprint density at radius 3 is 2.55 bits per heavy atom. The van der Waals surface area contributed by atoms with Crippen molar-refractivity contribution in [3.8, 4) is 0 Å². The van der Waals surface area contributed by atoms with Crippen molar-refractivity contribution in [2.75, 3.05) is 6.54 Å². The molecule has 0 aromatic heterocycles. The second-order valence-corrected chi connectivity index (χ2v) is 6.58. The second kappa shape index (κ2) is 6.57. The summed E-state index contributed by atoms with van der Waals surface area (Å²) in [6.45, 7) is 2.69. The molecule has 5 nitrogen and oxygen atoms in total. The zero-order valence-electron chi connectivity index (χ0n) is 12.3. The molecule has 1 saturated carbocycles. The third-order valence-electron chi connectivity index (χ3n) is 4.60. The summed E-state index contributed by atoms with van der Waals surface area (Å²) in [5.41, 5.74) is 5.37. The van der Waals surface area contributed by atoms with Gasteiger partial charge < -0.3 is 15.8 Å². The molecule has 1 heterocycles. The summed E-state index contributed by atoms with van der Waals surface area (Å²) in [6, 6.07) is 0. The van der Waals surface area contributed by atoms with Crippen LogP contribution in [0.15, 0.2) is 0 Å². The highest BCUT2D eigenvalue weighted by Crippen LogP contribution is 2.38. The quantitative estimate of drug-likeness (QED) is 0.801. The molecule has 20 heavy (non-hydrogen) atoms. The summed E-state index contributed by atoms with van der Waals surface area (Å²) < 4.78 is 5.50. The third kappa shape index (κ3) is 4.20. The van der Waals surface area contributed by atoms with Crippen LogP contribution >= 0.6 is 0 Å². The molecule has 0 aromatic rings. The number of primary amides is 1. The van der Waals surface area contributed by atoms with Gasteiger partial charge in [-0.05, 0) is 31.1 Å². The number of hydrogen-bond acceptors (Lipinski definition) is 3. The predicted octanol–water partition coefficient (Wildman–Crippen LogP) is 1.50. The summed E-state index contributed by atoms with van der Waals surface area (Å²) >= 11 is 0. The largest absolute Gasteiger partial charge is 0.367 e. The maximum absolute atomic E-state index is 12.0. The summed E-state index contributed by atoms with van der Waals surface area (Å²) in [5, 5.41) is 2.94. The highest BCUT2D eigenvalue weighted by atomic mass is 16.5. The standard InChI is InChI=1S/C15H26N2O3/c1-15(7-3-2-4-8-15)9-13(18)17-10-11-5-6-12(20-11)14(16)19/h11-12H,2-10H2,1H3,(H2,16,19)(H,17,18)/t11-,12-/m0/s1. The van der Waals surface area contributed by atoms with Crippen molar-refractivity contribution in [2.24, 2.45) is 11.1 Å². The molecule has 1 aliphatic heterocycles. The minimum Gasteiger partial charge on any atom is -0.367 e. The van der Waals surface area contributed by atoms with Gasteiger partial charge >= 0.3 is 0 Å². The van der Waals surface area contributed by atoms with Crippen LogP contribution in [0.1, 0.15) is 58.3 Å². The van der Waals surface area contributed by atoms with Crippen LogP contribution in [0.5, 0.6) is 0 Å². The van der Waals surface area contributed by atoms with E-state index >= 15 is 0 Å². The van der Waals surface area contributed by atoms with Gasteiger partial charge in [0.05, 0.1) is 6.10 Å². The Kier molecular flexibility index (Phi) is 5.02. The van der Waals surface area contributed by atoms with E-state index in [4.69, 9.17) is 10.5 Å². The number of carbonyl (C=O) groups is 2. The monoisotopic (exact) mass is 282 g/mol. The lowest BCUT2D eigenvalue weighted by Crippen LogP contribution is -2.37. The maximum Gasteiger partial charge on any atom is 0.246 e. The van der Waals surface area contributed by atoms with Gasteiger partial charge in [-0.3, -0.25) is 9.59 Å². The Balaban J connectivity index is 1.69. The first kappa shape index (κ1) is 15.3. The van der Waals surface area contributed by atoms with Crippen LogP contribution in [0, 0.1) is 5.41 Å². The third-order valence-corrected chi connectivity index (χ3v) is 4.60. The van der Waals surface area contributed by atoms with Gasteiger partial charge in [-0.1, -0.05) is 26.2 Å². The van der Waals surface area contributed by atoms with Crippen LogP contribution in [0.25, 0.3) is 0 Å². The molecular weight excluding hydrogens is 256 g/mol. The molecule has 2 fully saturated rings. The molecule has 0 bridgehead atoms. The molecule has 2 atom stereocenters. The fourth-order valence-corrected chi connectivity index (χ4v) is 3.33. The average molecular weight is 282 g/mol. The minimum absolute atomic E-state index is 0.0735. The fraction of sp³-hybridized carbons (Fsp3) is 0.867. The Morgan fingerprint density at radius 1 is 1.25 bits per heavy atom. The van der Waals surface area contributed by atoms with E-state index in [2.05, 4.69) is 12.2 Å². The Morgan fingerprint density at radius 2 is 1.95 bits per heavy atom. The first-order valence-corrected chi connectivity index (χ1v) is 7.70. The number of hydrogen-bond donors (Lipinski definition) is 2. The number of carbonyl (C=O) groups excluding carboxylic acids is 2. The lowest BCUT2D eigenvalue weighted by molar-refractivity contribution is -0.129. The number of ether oxygens (including phenoxy) is 1. The first-order valence-electron chi connectivity index (χ1n) is 7.70.